The molecule has 0 aliphatic rings. The van der Waals surface area contributed by atoms with Crippen LogP contribution in [0.4, 0.5) is 0 Å². The third kappa shape index (κ3) is 40.4. The minimum atomic E-state index is -0.796. The van der Waals surface area contributed by atoms with Crippen molar-refractivity contribution in [1.82, 2.24) is 5.32 Å². The van der Waals surface area contributed by atoms with Crippen molar-refractivity contribution in [2.75, 3.05) is 6.61 Å². The van der Waals surface area contributed by atoms with Crippen molar-refractivity contribution in [3.63, 3.8) is 0 Å². The van der Waals surface area contributed by atoms with Crippen molar-refractivity contribution in [3.05, 3.63) is 48.6 Å². The molecule has 0 spiro atoms. The lowest BCUT2D eigenvalue weighted by Crippen LogP contribution is -2.46. The van der Waals surface area contributed by atoms with Crippen molar-refractivity contribution in [2.45, 2.75) is 257 Å². The maximum Gasteiger partial charge on any atom is 0.306 e. The molecule has 0 aromatic heterocycles. The first-order valence-electron chi connectivity index (χ1n) is 24.4. The van der Waals surface area contributed by atoms with Crippen molar-refractivity contribution in [2.24, 2.45) is 0 Å². The van der Waals surface area contributed by atoms with Crippen molar-refractivity contribution in [3.8, 4) is 0 Å². The zero-order chi connectivity index (χ0) is 41.7. The molecular formula is C51H93NO5. The minimum absolute atomic E-state index is 0.0534. The van der Waals surface area contributed by atoms with Crippen LogP contribution in [0.3, 0.4) is 0 Å². The summed E-state index contributed by atoms with van der Waals surface area (Å²) in [6, 6.07) is -0.712. The largest absolute Gasteiger partial charge is 0.462 e. The second kappa shape index (κ2) is 44.9. The summed E-state index contributed by atoms with van der Waals surface area (Å²) in [4.78, 5) is 26.0. The van der Waals surface area contributed by atoms with Crippen molar-refractivity contribution < 1.29 is 24.5 Å². The molecule has 332 valence electrons. The molecule has 0 heterocycles. The number of aliphatic hydroxyl groups is 2. The molecule has 3 atom stereocenters. The molecule has 0 aromatic carbocycles. The van der Waals surface area contributed by atoms with E-state index in [9.17, 15) is 19.8 Å². The molecule has 3 unspecified atom stereocenters. The molecule has 0 saturated heterocycles. The molecule has 0 radical (unpaired) electrons. The van der Waals surface area contributed by atoms with E-state index in [0.29, 0.717) is 19.3 Å². The molecule has 57 heavy (non-hydrogen) atoms. The number of unbranched alkanes of at least 4 members (excludes halogenated alkanes) is 26. The fourth-order valence-electron chi connectivity index (χ4n) is 7.32. The molecule has 0 saturated carbocycles. The lowest BCUT2D eigenvalue weighted by molar-refractivity contribution is -0.151. The highest BCUT2D eigenvalue weighted by Crippen LogP contribution is 2.18. The summed E-state index contributed by atoms with van der Waals surface area (Å²) in [5.74, 6) is -0.509. The zero-order valence-electron chi connectivity index (χ0n) is 37.7. The van der Waals surface area contributed by atoms with Crippen LogP contribution in [0.25, 0.3) is 0 Å². The first kappa shape index (κ1) is 54.8. The molecule has 1 amide bonds. The van der Waals surface area contributed by atoms with Gasteiger partial charge in [0.2, 0.25) is 5.91 Å². The van der Waals surface area contributed by atoms with E-state index < -0.39 is 18.2 Å². The molecule has 0 aromatic rings. The Balaban J connectivity index is 4.63. The first-order valence-corrected chi connectivity index (χ1v) is 24.4. The van der Waals surface area contributed by atoms with Gasteiger partial charge in [0.05, 0.1) is 25.2 Å². The number of allylic oxidation sites excluding steroid dienone is 8. The highest BCUT2D eigenvalue weighted by atomic mass is 16.5. The normalized spacial score (nSPS) is 13.7. The number of rotatable bonds is 43. The second-order valence-electron chi connectivity index (χ2n) is 16.6. The van der Waals surface area contributed by atoms with Crippen LogP contribution < -0.4 is 5.32 Å². The number of esters is 1. The maximum atomic E-state index is 13.2. The van der Waals surface area contributed by atoms with Gasteiger partial charge in [0.1, 0.15) is 6.10 Å². The van der Waals surface area contributed by atoms with E-state index in [1.165, 1.54) is 122 Å². The number of carbonyl (C=O) groups is 2. The van der Waals surface area contributed by atoms with Gasteiger partial charge in [-0.15, -0.1) is 0 Å². The average Bonchev–Trinajstić information content (AvgIpc) is 3.20. The number of carbonyl (C=O) groups excluding carboxylic acids is 2. The number of hydrogen-bond acceptors (Lipinski definition) is 5. The molecule has 6 nitrogen and oxygen atoms in total. The standard InChI is InChI=1S/C51H93NO5/c1-4-7-10-13-16-19-22-25-27-30-33-36-39-42-47(57-51(56)44-41-38-35-32-29-24-21-18-15-12-9-6-3)45-50(55)52-48(46-53)49(54)43-40-37-34-31-28-26-23-20-17-14-11-8-5-2/h7,10,13,16,19,22,25,27,47-49,53-54H,4-6,8-9,11-12,14-15,17-18,20-21,23-24,26,28-46H2,1-3H3,(H,52,55)/b10-7+,16-13+,22-19+,27-25-. The van der Waals surface area contributed by atoms with E-state index >= 15 is 0 Å². The fraction of sp³-hybridized carbons (Fsp3) is 0.804. The molecule has 0 aliphatic heterocycles. The molecule has 0 rings (SSSR count). The Morgan fingerprint density at radius 3 is 1.44 bits per heavy atom. The monoisotopic (exact) mass is 800 g/mol. The third-order valence-electron chi connectivity index (χ3n) is 11.0. The second-order valence-corrected chi connectivity index (χ2v) is 16.6. The molecule has 0 aliphatic carbocycles. The minimum Gasteiger partial charge on any atom is -0.462 e. The average molecular weight is 800 g/mol. The van der Waals surface area contributed by atoms with Crippen LogP contribution in [0.1, 0.15) is 239 Å². The van der Waals surface area contributed by atoms with Crippen molar-refractivity contribution >= 4 is 11.9 Å². The van der Waals surface area contributed by atoms with Crippen LogP contribution in [0.15, 0.2) is 48.6 Å². The number of aliphatic hydroxyl groups excluding tert-OH is 2. The summed E-state index contributed by atoms with van der Waals surface area (Å²) >= 11 is 0. The molecule has 0 bridgehead atoms. The smallest absolute Gasteiger partial charge is 0.306 e. The predicted molar refractivity (Wildman–Crippen MR) is 245 cm³/mol. The Hall–Kier alpha value is -2.18. The van der Waals surface area contributed by atoms with Gasteiger partial charge in [-0.2, -0.15) is 0 Å². The lowest BCUT2D eigenvalue weighted by atomic mass is 10.0. The van der Waals surface area contributed by atoms with Gasteiger partial charge in [-0.3, -0.25) is 9.59 Å². The fourth-order valence-corrected chi connectivity index (χ4v) is 7.32. The Bertz CT molecular complexity index is 988. The lowest BCUT2D eigenvalue weighted by Gasteiger charge is -2.24. The van der Waals surface area contributed by atoms with Crippen LogP contribution in [-0.4, -0.2) is 46.9 Å². The number of ether oxygens (including phenoxy) is 1. The van der Waals surface area contributed by atoms with E-state index in [-0.39, 0.29) is 24.9 Å². The summed E-state index contributed by atoms with van der Waals surface area (Å²) < 4.78 is 5.90. The van der Waals surface area contributed by atoms with Crippen LogP contribution >= 0.6 is 0 Å². The number of nitrogens with one attached hydrogen (secondary N) is 1. The van der Waals surface area contributed by atoms with Gasteiger partial charge in [-0.05, 0) is 44.9 Å². The van der Waals surface area contributed by atoms with E-state index in [0.717, 1.165) is 70.6 Å². The third-order valence-corrected chi connectivity index (χ3v) is 11.0. The van der Waals surface area contributed by atoms with Crippen LogP contribution in [0.5, 0.6) is 0 Å². The Morgan fingerprint density at radius 1 is 0.526 bits per heavy atom. The Labute approximate surface area is 353 Å². The summed E-state index contributed by atoms with van der Waals surface area (Å²) in [5.41, 5.74) is 0. The van der Waals surface area contributed by atoms with Gasteiger partial charge in [-0.25, -0.2) is 0 Å². The molecule has 0 fully saturated rings. The predicted octanol–water partition coefficient (Wildman–Crippen LogP) is 14.3. The van der Waals surface area contributed by atoms with Gasteiger partial charge in [-0.1, -0.05) is 230 Å². The summed E-state index contributed by atoms with van der Waals surface area (Å²) in [6.07, 6.45) is 53.1. The maximum absolute atomic E-state index is 13.2. The Kier molecular flexibility index (Phi) is 43.2. The van der Waals surface area contributed by atoms with Crippen molar-refractivity contribution in [1.29, 1.82) is 0 Å². The van der Waals surface area contributed by atoms with E-state index in [1.54, 1.807) is 0 Å². The molecular weight excluding hydrogens is 707 g/mol. The van der Waals surface area contributed by atoms with Gasteiger partial charge in [0, 0.05) is 6.42 Å². The summed E-state index contributed by atoms with van der Waals surface area (Å²) in [6.45, 7) is 6.33. The van der Waals surface area contributed by atoms with Crippen LogP contribution in [0.2, 0.25) is 0 Å². The topological polar surface area (TPSA) is 95.9 Å². The van der Waals surface area contributed by atoms with Crippen LogP contribution in [-0.2, 0) is 14.3 Å². The van der Waals surface area contributed by atoms with E-state index in [2.05, 4.69) is 50.4 Å². The first-order chi connectivity index (χ1) is 28.0. The highest BCUT2D eigenvalue weighted by Gasteiger charge is 2.24. The number of hydrogen-bond donors (Lipinski definition) is 3. The molecule has 6 heteroatoms. The van der Waals surface area contributed by atoms with E-state index in [1.807, 2.05) is 24.3 Å². The quantitative estimate of drug-likeness (QED) is 0.0324. The van der Waals surface area contributed by atoms with E-state index in [4.69, 9.17) is 4.74 Å². The van der Waals surface area contributed by atoms with Gasteiger partial charge in [0.15, 0.2) is 0 Å². The summed E-state index contributed by atoms with van der Waals surface area (Å²) in [7, 11) is 0. The summed E-state index contributed by atoms with van der Waals surface area (Å²) in [5, 5.41) is 23.7. The zero-order valence-corrected chi connectivity index (χ0v) is 37.7. The SMILES string of the molecule is CC/C=C/C=C/C=C/C=C\CCCCCC(CC(=O)NC(CO)C(O)CCCCCCCCCCCCCCC)OC(=O)CCCCCCCCCCCCCC. The Morgan fingerprint density at radius 2 is 0.947 bits per heavy atom. The van der Waals surface area contributed by atoms with Gasteiger partial charge >= 0.3 is 5.97 Å². The van der Waals surface area contributed by atoms with Gasteiger partial charge in [0.25, 0.3) is 0 Å². The molecule has 3 N–H and O–H groups in total. The highest BCUT2D eigenvalue weighted by molar-refractivity contribution is 5.77. The van der Waals surface area contributed by atoms with Crippen LogP contribution in [0, 0.1) is 0 Å². The number of amides is 1. The van der Waals surface area contributed by atoms with Gasteiger partial charge < -0.3 is 20.3 Å².